The van der Waals surface area contributed by atoms with Gasteiger partial charge in [0.25, 0.3) is 11.8 Å². The molecule has 7 heteroatoms. The van der Waals surface area contributed by atoms with E-state index in [0.29, 0.717) is 15.8 Å². The molecule has 0 saturated carbocycles. The van der Waals surface area contributed by atoms with Crippen LogP contribution in [0.15, 0.2) is 34.9 Å². The molecule has 0 aromatic carbocycles. The fourth-order valence-corrected chi connectivity index (χ4v) is 3.78. The first-order chi connectivity index (χ1) is 12.0. The molecule has 1 fully saturated rings. The lowest BCUT2D eigenvalue weighted by Crippen LogP contribution is -2.49. The van der Waals surface area contributed by atoms with Gasteiger partial charge in [-0.2, -0.15) is 0 Å². The minimum absolute atomic E-state index is 0.0349. The standard InChI is InChI=1S/C18H23N3O3S/c1-13(2)12-20-7-9-21(10-8-20)18(23)15-5-6-16(25-15)19-17(22)14-4-3-11-24-14/h3-6,11,13H,7-10,12H2,1-2H3,(H,19,22). The molecule has 134 valence electrons. The SMILES string of the molecule is CC(C)CN1CCN(C(=O)c2ccc(NC(=O)c3ccco3)s2)CC1. The van der Waals surface area contributed by atoms with Crippen molar-refractivity contribution in [3.8, 4) is 0 Å². The Labute approximate surface area is 151 Å². The van der Waals surface area contributed by atoms with Crippen LogP contribution < -0.4 is 5.32 Å². The molecular formula is C18H23N3O3S. The van der Waals surface area contributed by atoms with E-state index in [9.17, 15) is 9.59 Å². The molecular weight excluding hydrogens is 338 g/mol. The van der Waals surface area contributed by atoms with Crippen molar-refractivity contribution in [2.45, 2.75) is 13.8 Å². The van der Waals surface area contributed by atoms with Gasteiger partial charge in [-0.3, -0.25) is 14.5 Å². The van der Waals surface area contributed by atoms with E-state index in [1.165, 1.54) is 17.6 Å². The van der Waals surface area contributed by atoms with Crippen LogP contribution in [0.1, 0.15) is 34.1 Å². The molecule has 2 amide bonds. The van der Waals surface area contributed by atoms with Crippen LogP contribution in [0.25, 0.3) is 0 Å². The third-order valence-corrected chi connectivity index (χ3v) is 5.07. The molecule has 3 heterocycles. The van der Waals surface area contributed by atoms with Gasteiger partial charge in [0.15, 0.2) is 5.76 Å². The molecule has 3 rings (SSSR count). The number of carbonyl (C=O) groups is 2. The van der Waals surface area contributed by atoms with Crippen LogP contribution >= 0.6 is 11.3 Å². The molecule has 0 bridgehead atoms. The van der Waals surface area contributed by atoms with Crippen LogP contribution in [0.2, 0.25) is 0 Å². The van der Waals surface area contributed by atoms with Crippen molar-refractivity contribution in [3.05, 3.63) is 41.2 Å². The van der Waals surface area contributed by atoms with Gasteiger partial charge in [-0.1, -0.05) is 13.8 Å². The summed E-state index contributed by atoms with van der Waals surface area (Å²) in [6.45, 7) is 8.82. The maximum Gasteiger partial charge on any atom is 0.291 e. The predicted octanol–water partition coefficient (Wildman–Crippen LogP) is 3.01. The van der Waals surface area contributed by atoms with E-state index in [1.807, 2.05) is 4.90 Å². The van der Waals surface area contributed by atoms with Gasteiger partial charge in [-0.15, -0.1) is 11.3 Å². The molecule has 2 aromatic heterocycles. The highest BCUT2D eigenvalue weighted by atomic mass is 32.1. The second kappa shape index (κ2) is 7.84. The van der Waals surface area contributed by atoms with Gasteiger partial charge in [0.1, 0.15) is 0 Å². The summed E-state index contributed by atoms with van der Waals surface area (Å²) in [5.41, 5.74) is 0. The van der Waals surface area contributed by atoms with Crippen molar-refractivity contribution < 1.29 is 14.0 Å². The molecule has 25 heavy (non-hydrogen) atoms. The van der Waals surface area contributed by atoms with Crippen molar-refractivity contribution in [1.29, 1.82) is 0 Å². The third kappa shape index (κ3) is 4.49. The van der Waals surface area contributed by atoms with Gasteiger partial charge in [-0.05, 0) is 30.2 Å². The van der Waals surface area contributed by atoms with Gasteiger partial charge in [0.05, 0.1) is 16.1 Å². The summed E-state index contributed by atoms with van der Waals surface area (Å²) >= 11 is 1.29. The summed E-state index contributed by atoms with van der Waals surface area (Å²) in [7, 11) is 0. The Bertz CT molecular complexity index is 716. The van der Waals surface area contributed by atoms with E-state index in [0.717, 1.165) is 32.7 Å². The highest BCUT2D eigenvalue weighted by Gasteiger charge is 2.23. The first-order valence-electron chi connectivity index (χ1n) is 8.49. The van der Waals surface area contributed by atoms with E-state index >= 15 is 0 Å². The van der Waals surface area contributed by atoms with E-state index in [1.54, 1.807) is 24.3 Å². The van der Waals surface area contributed by atoms with Crippen LogP contribution in [0.3, 0.4) is 0 Å². The number of nitrogens with one attached hydrogen (secondary N) is 1. The van der Waals surface area contributed by atoms with E-state index < -0.39 is 0 Å². The van der Waals surface area contributed by atoms with Crippen molar-refractivity contribution in [2.75, 3.05) is 38.0 Å². The second-order valence-corrected chi connectivity index (χ2v) is 7.67. The van der Waals surface area contributed by atoms with Crippen LogP contribution in [0, 0.1) is 5.92 Å². The Morgan fingerprint density at radius 1 is 1.20 bits per heavy atom. The number of rotatable bonds is 5. The van der Waals surface area contributed by atoms with Gasteiger partial charge in [0.2, 0.25) is 0 Å². The zero-order chi connectivity index (χ0) is 17.8. The third-order valence-electron chi connectivity index (χ3n) is 4.08. The number of carbonyl (C=O) groups excluding carboxylic acids is 2. The first kappa shape index (κ1) is 17.7. The molecule has 1 aliphatic heterocycles. The fourth-order valence-electron chi connectivity index (χ4n) is 2.91. The maximum absolute atomic E-state index is 12.6. The zero-order valence-electron chi connectivity index (χ0n) is 14.5. The molecule has 1 saturated heterocycles. The highest BCUT2D eigenvalue weighted by molar-refractivity contribution is 7.18. The van der Waals surface area contributed by atoms with Crippen molar-refractivity contribution in [3.63, 3.8) is 0 Å². The van der Waals surface area contributed by atoms with Crippen LogP contribution in [0.5, 0.6) is 0 Å². The lowest BCUT2D eigenvalue weighted by Gasteiger charge is -2.35. The normalized spacial score (nSPS) is 15.6. The van der Waals surface area contributed by atoms with Gasteiger partial charge in [-0.25, -0.2) is 0 Å². The topological polar surface area (TPSA) is 65.8 Å². The molecule has 1 aliphatic rings. The smallest absolute Gasteiger partial charge is 0.291 e. The van der Waals surface area contributed by atoms with E-state index in [-0.39, 0.29) is 17.6 Å². The number of furan rings is 1. The van der Waals surface area contributed by atoms with Gasteiger partial charge >= 0.3 is 0 Å². The Balaban J connectivity index is 1.55. The Morgan fingerprint density at radius 3 is 2.60 bits per heavy atom. The summed E-state index contributed by atoms with van der Waals surface area (Å²) in [6.07, 6.45) is 1.46. The van der Waals surface area contributed by atoms with Crippen LogP contribution in [-0.2, 0) is 0 Å². The minimum Gasteiger partial charge on any atom is -0.459 e. The molecule has 1 N–H and O–H groups in total. The average molecular weight is 361 g/mol. The monoisotopic (exact) mass is 361 g/mol. The number of anilines is 1. The van der Waals surface area contributed by atoms with Gasteiger partial charge < -0.3 is 14.6 Å². The Hall–Kier alpha value is -2.12. The molecule has 0 aliphatic carbocycles. The number of hydrogen-bond donors (Lipinski definition) is 1. The average Bonchev–Trinajstić information content (AvgIpc) is 3.26. The summed E-state index contributed by atoms with van der Waals surface area (Å²) in [5.74, 6) is 0.614. The highest BCUT2D eigenvalue weighted by Crippen LogP contribution is 2.24. The number of amides is 2. The lowest BCUT2D eigenvalue weighted by atomic mass is 10.2. The predicted molar refractivity (Wildman–Crippen MR) is 98.2 cm³/mol. The Kier molecular flexibility index (Phi) is 5.55. The molecule has 6 nitrogen and oxygen atoms in total. The van der Waals surface area contributed by atoms with E-state index in [2.05, 4.69) is 24.1 Å². The zero-order valence-corrected chi connectivity index (χ0v) is 15.3. The molecule has 0 radical (unpaired) electrons. The number of hydrogen-bond acceptors (Lipinski definition) is 5. The molecule has 2 aromatic rings. The van der Waals surface area contributed by atoms with Crippen LogP contribution in [0.4, 0.5) is 5.00 Å². The summed E-state index contributed by atoms with van der Waals surface area (Å²) < 4.78 is 5.07. The molecule has 0 spiro atoms. The maximum atomic E-state index is 12.6. The summed E-state index contributed by atoms with van der Waals surface area (Å²) in [4.78, 5) is 29.6. The van der Waals surface area contributed by atoms with Crippen molar-refractivity contribution in [1.82, 2.24) is 9.80 Å². The Morgan fingerprint density at radius 2 is 1.96 bits per heavy atom. The lowest BCUT2D eigenvalue weighted by molar-refractivity contribution is 0.0628. The fraction of sp³-hybridized carbons (Fsp3) is 0.444. The largest absolute Gasteiger partial charge is 0.459 e. The molecule has 0 atom stereocenters. The first-order valence-corrected chi connectivity index (χ1v) is 9.31. The summed E-state index contributed by atoms with van der Waals surface area (Å²) in [6, 6.07) is 6.79. The van der Waals surface area contributed by atoms with Gasteiger partial charge in [0, 0.05) is 32.7 Å². The number of piperazine rings is 1. The van der Waals surface area contributed by atoms with E-state index in [4.69, 9.17) is 4.42 Å². The second-order valence-electron chi connectivity index (χ2n) is 6.58. The quantitative estimate of drug-likeness (QED) is 0.889. The molecule has 0 unspecified atom stereocenters. The number of nitrogens with zero attached hydrogens (tertiary/aromatic N) is 2. The minimum atomic E-state index is -0.312. The van der Waals surface area contributed by atoms with Crippen LogP contribution in [-0.4, -0.2) is 54.3 Å². The van der Waals surface area contributed by atoms with Crippen molar-refractivity contribution in [2.24, 2.45) is 5.92 Å². The van der Waals surface area contributed by atoms with Crippen molar-refractivity contribution >= 4 is 28.2 Å². The number of thiophene rings is 1. The summed E-state index contributed by atoms with van der Waals surface area (Å²) in [5, 5.41) is 3.40.